The van der Waals surface area contributed by atoms with Gasteiger partial charge in [-0.15, -0.1) is 12.4 Å². The molecule has 2 rings (SSSR count). The average Bonchev–Trinajstić information content (AvgIpc) is 2.33. The normalized spacial score (nSPS) is 16.9. The molecule has 0 saturated carbocycles. The molecule has 0 aromatic heterocycles. The maximum atomic E-state index is 13.2. The summed E-state index contributed by atoms with van der Waals surface area (Å²) in [6, 6.07) is 3.74. The van der Waals surface area contributed by atoms with E-state index in [0.29, 0.717) is 5.56 Å². The van der Waals surface area contributed by atoms with Crippen LogP contribution in [0.15, 0.2) is 23.1 Å². The molecule has 1 aromatic rings. The van der Waals surface area contributed by atoms with Crippen molar-refractivity contribution in [3.8, 4) is 0 Å². The van der Waals surface area contributed by atoms with Crippen LogP contribution in [0.5, 0.6) is 0 Å². The van der Waals surface area contributed by atoms with E-state index >= 15 is 0 Å². The molecule has 7 heteroatoms. The van der Waals surface area contributed by atoms with Crippen molar-refractivity contribution in [3.63, 3.8) is 0 Å². The van der Waals surface area contributed by atoms with Gasteiger partial charge in [-0.3, -0.25) is 0 Å². The van der Waals surface area contributed by atoms with Crippen LogP contribution in [-0.2, 0) is 10.0 Å². The molecule has 1 aliphatic heterocycles. The third kappa shape index (κ3) is 4.14. The van der Waals surface area contributed by atoms with Gasteiger partial charge in [-0.25, -0.2) is 17.5 Å². The van der Waals surface area contributed by atoms with E-state index in [1.807, 2.05) is 0 Å². The standard InChI is InChI=1S/C12H17FN2O2S.ClH/c1-9-2-3-10(13)8-12(9)18(16,17)15-11-4-6-14-7-5-11;/h2-3,8,11,14-15H,4-7H2,1H3;1H. The molecule has 1 heterocycles. The van der Waals surface area contributed by atoms with Crippen molar-refractivity contribution in [2.75, 3.05) is 13.1 Å². The van der Waals surface area contributed by atoms with E-state index in [0.717, 1.165) is 32.0 Å². The van der Waals surface area contributed by atoms with E-state index in [-0.39, 0.29) is 23.3 Å². The van der Waals surface area contributed by atoms with Crippen LogP contribution < -0.4 is 10.0 Å². The number of aryl methyl sites for hydroxylation is 1. The highest BCUT2D eigenvalue weighted by Crippen LogP contribution is 2.17. The predicted octanol–water partition coefficient (Wildman–Crippen LogP) is 1.59. The third-order valence-electron chi connectivity index (χ3n) is 3.10. The van der Waals surface area contributed by atoms with Crippen LogP contribution in [0.25, 0.3) is 0 Å². The summed E-state index contributed by atoms with van der Waals surface area (Å²) < 4.78 is 40.1. The first kappa shape index (κ1) is 16.4. The van der Waals surface area contributed by atoms with E-state index < -0.39 is 15.8 Å². The molecule has 1 fully saturated rings. The van der Waals surface area contributed by atoms with Crippen molar-refractivity contribution in [1.82, 2.24) is 10.0 Å². The zero-order valence-electron chi connectivity index (χ0n) is 10.6. The minimum Gasteiger partial charge on any atom is -0.317 e. The van der Waals surface area contributed by atoms with Gasteiger partial charge in [-0.2, -0.15) is 0 Å². The fraction of sp³-hybridized carbons (Fsp3) is 0.500. The van der Waals surface area contributed by atoms with Gasteiger partial charge >= 0.3 is 0 Å². The Kier molecular flexibility index (Phi) is 5.73. The lowest BCUT2D eigenvalue weighted by Crippen LogP contribution is -2.42. The number of hydrogen-bond donors (Lipinski definition) is 2. The Morgan fingerprint density at radius 1 is 1.32 bits per heavy atom. The summed E-state index contributed by atoms with van der Waals surface area (Å²) in [4.78, 5) is 0.0287. The zero-order chi connectivity index (χ0) is 13.2. The minimum absolute atomic E-state index is 0. The summed E-state index contributed by atoms with van der Waals surface area (Å²) in [7, 11) is -3.63. The summed E-state index contributed by atoms with van der Waals surface area (Å²) in [5, 5.41) is 3.17. The van der Waals surface area contributed by atoms with Gasteiger partial charge in [-0.1, -0.05) is 6.07 Å². The van der Waals surface area contributed by atoms with Crippen LogP contribution >= 0.6 is 12.4 Å². The molecule has 0 unspecified atom stereocenters. The SMILES string of the molecule is Cc1ccc(F)cc1S(=O)(=O)NC1CCNCC1.Cl. The van der Waals surface area contributed by atoms with E-state index in [1.165, 1.54) is 12.1 Å². The van der Waals surface area contributed by atoms with E-state index in [2.05, 4.69) is 10.0 Å². The predicted molar refractivity (Wildman–Crippen MR) is 74.6 cm³/mol. The molecule has 0 spiro atoms. The van der Waals surface area contributed by atoms with Crippen LogP contribution in [0.2, 0.25) is 0 Å². The minimum atomic E-state index is -3.63. The van der Waals surface area contributed by atoms with Crippen molar-refractivity contribution in [2.24, 2.45) is 0 Å². The lowest BCUT2D eigenvalue weighted by molar-refractivity contribution is 0.427. The number of benzene rings is 1. The van der Waals surface area contributed by atoms with Gasteiger partial charge in [0.05, 0.1) is 4.90 Å². The Bertz CT molecular complexity index is 531. The van der Waals surface area contributed by atoms with Crippen molar-refractivity contribution in [1.29, 1.82) is 0 Å². The van der Waals surface area contributed by atoms with Gasteiger partial charge < -0.3 is 5.32 Å². The molecular weight excluding hydrogens is 291 g/mol. The smallest absolute Gasteiger partial charge is 0.241 e. The Morgan fingerprint density at radius 2 is 1.95 bits per heavy atom. The Hall–Kier alpha value is -0.690. The molecule has 0 atom stereocenters. The molecule has 0 amide bonds. The average molecular weight is 309 g/mol. The fourth-order valence-electron chi connectivity index (χ4n) is 2.09. The van der Waals surface area contributed by atoms with Crippen LogP contribution in [-0.4, -0.2) is 27.5 Å². The molecule has 19 heavy (non-hydrogen) atoms. The maximum Gasteiger partial charge on any atom is 0.241 e. The highest BCUT2D eigenvalue weighted by atomic mass is 35.5. The highest BCUT2D eigenvalue weighted by Gasteiger charge is 2.23. The van der Waals surface area contributed by atoms with E-state index in [1.54, 1.807) is 6.92 Å². The Morgan fingerprint density at radius 3 is 2.58 bits per heavy atom. The quantitative estimate of drug-likeness (QED) is 0.891. The molecule has 4 nitrogen and oxygen atoms in total. The summed E-state index contributed by atoms with van der Waals surface area (Å²) in [5.74, 6) is -0.536. The molecule has 0 bridgehead atoms. The monoisotopic (exact) mass is 308 g/mol. The first-order chi connectivity index (χ1) is 8.49. The van der Waals surface area contributed by atoms with Crippen LogP contribution in [0.4, 0.5) is 4.39 Å². The van der Waals surface area contributed by atoms with Crippen molar-refractivity contribution in [2.45, 2.75) is 30.7 Å². The van der Waals surface area contributed by atoms with Gasteiger partial charge in [-0.05, 0) is 50.6 Å². The Labute approximate surface area is 119 Å². The maximum absolute atomic E-state index is 13.2. The van der Waals surface area contributed by atoms with E-state index in [4.69, 9.17) is 0 Å². The molecule has 1 aliphatic rings. The largest absolute Gasteiger partial charge is 0.317 e. The zero-order valence-corrected chi connectivity index (χ0v) is 12.3. The molecular formula is C12H18ClFN2O2S. The third-order valence-corrected chi connectivity index (χ3v) is 4.76. The van der Waals surface area contributed by atoms with Crippen molar-refractivity contribution in [3.05, 3.63) is 29.6 Å². The summed E-state index contributed by atoms with van der Waals surface area (Å²) in [6.45, 7) is 3.26. The molecule has 0 radical (unpaired) electrons. The molecule has 0 aliphatic carbocycles. The Balaban J connectivity index is 0.00000180. The van der Waals surface area contributed by atoms with Gasteiger partial charge in [0.2, 0.25) is 10.0 Å². The topological polar surface area (TPSA) is 58.2 Å². The second-order valence-corrected chi connectivity index (χ2v) is 6.24. The lowest BCUT2D eigenvalue weighted by atomic mass is 10.1. The fourth-order valence-corrected chi connectivity index (χ4v) is 3.65. The van der Waals surface area contributed by atoms with Gasteiger partial charge in [0.1, 0.15) is 5.82 Å². The number of nitrogens with one attached hydrogen (secondary N) is 2. The molecule has 1 aromatic carbocycles. The number of halogens is 2. The first-order valence-corrected chi connectivity index (χ1v) is 7.46. The second kappa shape index (κ2) is 6.65. The molecule has 2 N–H and O–H groups in total. The highest BCUT2D eigenvalue weighted by molar-refractivity contribution is 7.89. The van der Waals surface area contributed by atoms with Crippen LogP contribution in [0.3, 0.4) is 0 Å². The van der Waals surface area contributed by atoms with E-state index in [9.17, 15) is 12.8 Å². The second-order valence-electron chi connectivity index (χ2n) is 4.56. The number of sulfonamides is 1. The van der Waals surface area contributed by atoms with Crippen molar-refractivity contribution < 1.29 is 12.8 Å². The number of hydrogen-bond acceptors (Lipinski definition) is 3. The lowest BCUT2D eigenvalue weighted by Gasteiger charge is -2.23. The van der Waals surface area contributed by atoms with Crippen LogP contribution in [0, 0.1) is 12.7 Å². The summed E-state index contributed by atoms with van der Waals surface area (Å²) >= 11 is 0. The summed E-state index contributed by atoms with van der Waals surface area (Å²) in [5.41, 5.74) is 0.554. The van der Waals surface area contributed by atoms with Crippen molar-refractivity contribution >= 4 is 22.4 Å². The molecule has 108 valence electrons. The van der Waals surface area contributed by atoms with Gasteiger partial charge in [0, 0.05) is 6.04 Å². The van der Waals surface area contributed by atoms with Gasteiger partial charge in [0.25, 0.3) is 0 Å². The van der Waals surface area contributed by atoms with Gasteiger partial charge in [0.15, 0.2) is 0 Å². The first-order valence-electron chi connectivity index (χ1n) is 5.98. The number of rotatable bonds is 3. The van der Waals surface area contributed by atoms with Crippen LogP contribution in [0.1, 0.15) is 18.4 Å². The number of piperidine rings is 1. The summed E-state index contributed by atoms with van der Waals surface area (Å²) in [6.07, 6.45) is 1.52. The molecule has 1 saturated heterocycles.